The van der Waals surface area contributed by atoms with Crippen LogP contribution in [0, 0.1) is 11.3 Å². The highest BCUT2D eigenvalue weighted by Gasteiger charge is 2.39. The van der Waals surface area contributed by atoms with Gasteiger partial charge in [-0.1, -0.05) is 18.5 Å². The summed E-state index contributed by atoms with van der Waals surface area (Å²) >= 11 is 6.52. The number of halogens is 4. The second kappa shape index (κ2) is 18.8. The van der Waals surface area contributed by atoms with Gasteiger partial charge in [0, 0.05) is 70.1 Å². The topological polar surface area (TPSA) is 183 Å². The molecular formula is C38H50ClF3N11O5+. The number of amides is 4. The first-order chi connectivity index (χ1) is 27.1. The molecule has 0 spiro atoms. The molecule has 20 heteroatoms. The summed E-state index contributed by atoms with van der Waals surface area (Å²) in [7, 11) is 6.80. The normalized spacial score (nSPS) is 14.3. The molecule has 0 bridgehead atoms. The van der Waals surface area contributed by atoms with Crippen LogP contribution in [-0.2, 0) is 16.6 Å². The van der Waals surface area contributed by atoms with Crippen molar-refractivity contribution >= 4 is 64.0 Å². The van der Waals surface area contributed by atoms with Crippen molar-refractivity contribution in [1.29, 1.82) is 5.41 Å². The number of aromatic nitrogens is 4. The molecule has 4 N–H and O–H groups in total. The Labute approximate surface area is 339 Å². The Hall–Kier alpha value is -5.56. The molecule has 1 saturated heterocycles. The molecular weight excluding hydrogens is 783 g/mol. The maximum absolute atomic E-state index is 14.0. The van der Waals surface area contributed by atoms with E-state index >= 15 is 0 Å². The SMILES string of the molecule is CCC(CC[NH+](C)C)C(=O)N1CCN(C(=O)c2ccc(NC(=O)c3ncc(/C(=C/N(C)c4ccc(NC(=O)OC(C)(C)C)nn4)C(=N)C(F)(F)F)n3C)cc2Cl)CC1. The van der Waals surface area contributed by atoms with E-state index in [-0.39, 0.29) is 57.2 Å². The zero-order chi connectivity index (χ0) is 43.1. The Bertz CT molecular complexity index is 2020. The molecule has 0 saturated carbocycles. The highest BCUT2D eigenvalue weighted by atomic mass is 35.5. The van der Waals surface area contributed by atoms with E-state index in [2.05, 4.69) is 25.8 Å². The number of rotatable bonds is 13. The van der Waals surface area contributed by atoms with Crippen molar-refractivity contribution in [3.63, 3.8) is 0 Å². The molecule has 4 amide bonds. The number of anilines is 3. The van der Waals surface area contributed by atoms with Crippen LogP contribution in [0.5, 0.6) is 0 Å². The van der Waals surface area contributed by atoms with Crippen molar-refractivity contribution in [3.8, 4) is 0 Å². The summed E-state index contributed by atoms with van der Waals surface area (Å²) in [6.45, 7) is 9.41. The molecule has 2 aromatic heterocycles. The second-order valence-electron chi connectivity index (χ2n) is 15.1. The Balaban J connectivity index is 1.45. The van der Waals surface area contributed by atoms with E-state index in [1.54, 1.807) is 30.6 Å². The smallest absolute Gasteiger partial charge is 0.433 e. The van der Waals surface area contributed by atoms with Crippen molar-refractivity contribution in [2.45, 2.75) is 52.3 Å². The Morgan fingerprint density at radius 2 is 1.69 bits per heavy atom. The molecule has 314 valence electrons. The minimum absolute atomic E-state index is 0.0309. The molecule has 3 aromatic rings. The minimum Gasteiger partial charge on any atom is -0.444 e. The molecule has 0 aliphatic carbocycles. The van der Waals surface area contributed by atoms with E-state index in [1.807, 2.05) is 21.0 Å². The van der Waals surface area contributed by atoms with Crippen LogP contribution in [0.3, 0.4) is 0 Å². The third kappa shape index (κ3) is 11.7. The summed E-state index contributed by atoms with van der Waals surface area (Å²) in [5.74, 6) is -1.29. The van der Waals surface area contributed by atoms with Gasteiger partial charge in [-0.15, -0.1) is 10.2 Å². The van der Waals surface area contributed by atoms with Gasteiger partial charge >= 0.3 is 12.3 Å². The first kappa shape index (κ1) is 45.1. The van der Waals surface area contributed by atoms with Crippen molar-refractivity contribution in [3.05, 3.63) is 64.8 Å². The predicted molar refractivity (Wildman–Crippen MR) is 213 cm³/mol. The molecule has 1 aliphatic rings. The van der Waals surface area contributed by atoms with Gasteiger partial charge in [0.25, 0.3) is 11.8 Å². The number of hydrogen-bond acceptors (Lipinski definition) is 10. The van der Waals surface area contributed by atoms with Gasteiger partial charge in [-0.3, -0.25) is 25.1 Å². The number of alkyl halides is 3. The lowest BCUT2D eigenvalue weighted by molar-refractivity contribution is -0.858. The van der Waals surface area contributed by atoms with Gasteiger partial charge in [0.2, 0.25) is 5.91 Å². The minimum atomic E-state index is -5.07. The van der Waals surface area contributed by atoms with Crippen LogP contribution in [0.2, 0.25) is 5.02 Å². The standard InChI is InChI=1S/C38H49ClF3N11O5/c1-9-23(14-15-49(5)6)34(55)52-16-18-53(19-17-52)35(56)25-11-10-24(20-27(25)39)45-33(54)32-44-21-28(51(32)8)26(31(43)38(40,41)42)22-50(7)30-13-12-29(47-48-30)46-36(57)58-37(2,3)4/h10-13,20-23,43H,9,14-19H2,1-8H3,(H,45,54)(H,46,47,57)/p+1/b26-22-,43-31?. The fourth-order valence-electron chi connectivity index (χ4n) is 6.01. The number of nitrogens with one attached hydrogen (secondary N) is 4. The molecule has 1 aliphatic heterocycles. The highest BCUT2D eigenvalue weighted by Crippen LogP contribution is 2.30. The Morgan fingerprint density at radius 3 is 2.24 bits per heavy atom. The lowest BCUT2D eigenvalue weighted by atomic mass is 10.00. The summed E-state index contributed by atoms with van der Waals surface area (Å²) in [6, 6.07) is 7.06. The largest absolute Gasteiger partial charge is 0.444 e. The van der Waals surface area contributed by atoms with Gasteiger partial charge in [-0.05, 0) is 57.5 Å². The van der Waals surface area contributed by atoms with Crippen LogP contribution in [0.25, 0.3) is 5.57 Å². The summed E-state index contributed by atoms with van der Waals surface area (Å²) in [5, 5.41) is 20.9. The van der Waals surface area contributed by atoms with E-state index in [1.165, 1.54) is 54.2 Å². The third-order valence-electron chi connectivity index (χ3n) is 9.15. The monoisotopic (exact) mass is 832 g/mol. The zero-order valence-corrected chi connectivity index (χ0v) is 34.5. The van der Waals surface area contributed by atoms with Crippen LogP contribution in [0.15, 0.2) is 42.7 Å². The molecule has 16 nitrogen and oxygen atoms in total. The summed E-state index contributed by atoms with van der Waals surface area (Å²) in [5.41, 5.74) is -2.93. The highest BCUT2D eigenvalue weighted by molar-refractivity contribution is 6.34. The Morgan fingerprint density at radius 1 is 1.03 bits per heavy atom. The Kier molecular flexibility index (Phi) is 14.6. The van der Waals surface area contributed by atoms with Crippen LogP contribution in [0.4, 0.5) is 35.3 Å². The van der Waals surface area contributed by atoms with E-state index in [4.69, 9.17) is 21.7 Å². The van der Waals surface area contributed by atoms with Crippen molar-refractivity contribution in [2.75, 3.05) is 69.4 Å². The average molecular weight is 833 g/mol. The molecule has 3 heterocycles. The number of carbonyl (C=O) groups is 4. The number of piperazine rings is 1. The number of ether oxygens (including phenoxy) is 1. The lowest BCUT2D eigenvalue weighted by Gasteiger charge is -2.36. The van der Waals surface area contributed by atoms with Crippen molar-refractivity contribution in [2.24, 2.45) is 13.0 Å². The first-order valence-electron chi connectivity index (χ1n) is 18.5. The number of nitrogens with zero attached hydrogens (tertiary/aromatic N) is 7. The molecule has 4 rings (SSSR count). The lowest BCUT2D eigenvalue weighted by Crippen LogP contribution is -3.05. The molecule has 58 heavy (non-hydrogen) atoms. The number of carbonyl (C=O) groups excluding carboxylic acids is 4. The van der Waals surface area contributed by atoms with E-state index in [0.29, 0.717) is 26.2 Å². The van der Waals surface area contributed by atoms with Crippen LogP contribution in [-0.4, -0.2) is 125 Å². The van der Waals surface area contributed by atoms with Crippen LogP contribution >= 0.6 is 11.6 Å². The van der Waals surface area contributed by atoms with Gasteiger partial charge in [-0.2, -0.15) is 13.2 Å². The fourth-order valence-corrected chi connectivity index (χ4v) is 6.27. The van der Waals surface area contributed by atoms with Crippen molar-refractivity contribution in [1.82, 2.24) is 29.5 Å². The predicted octanol–water partition coefficient (Wildman–Crippen LogP) is 4.37. The number of hydrogen-bond donors (Lipinski definition) is 4. The van der Waals surface area contributed by atoms with Gasteiger partial charge in [0.15, 0.2) is 17.5 Å². The van der Waals surface area contributed by atoms with Gasteiger partial charge in [0.1, 0.15) is 11.3 Å². The maximum Gasteiger partial charge on any atom is 0.433 e. The number of quaternary nitrogens is 1. The van der Waals surface area contributed by atoms with Crippen LogP contribution < -0.4 is 20.4 Å². The summed E-state index contributed by atoms with van der Waals surface area (Å²) < 4.78 is 48.2. The van der Waals surface area contributed by atoms with E-state index in [0.717, 1.165) is 36.4 Å². The number of imidazole rings is 1. The molecule has 1 fully saturated rings. The van der Waals surface area contributed by atoms with E-state index < -0.39 is 35.1 Å². The number of allylic oxidation sites excluding steroid dienone is 1. The summed E-state index contributed by atoms with van der Waals surface area (Å²) in [6.07, 6.45) is -2.28. The van der Waals surface area contributed by atoms with Gasteiger partial charge in [-0.25, -0.2) is 9.78 Å². The van der Waals surface area contributed by atoms with Crippen LogP contribution in [0.1, 0.15) is 67.2 Å². The molecule has 1 unspecified atom stereocenters. The molecule has 1 atom stereocenters. The molecule has 0 radical (unpaired) electrons. The summed E-state index contributed by atoms with van der Waals surface area (Å²) in [4.78, 5) is 61.9. The van der Waals surface area contributed by atoms with Gasteiger partial charge in [0.05, 0.1) is 43.1 Å². The first-order valence-corrected chi connectivity index (χ1v) is 18.9. The van der Waals surface area contributed by atoms with Gasteiger partial charge < -0.3 is 34.2 Å². The number of benzene rings is 1. The fraction of sp³-hybridized carbons (Fsp3) is 0.474. The average Bonchev–Trinajstić information content (AvgIpc) is 3.53. The quantitative estimate of drug-likeness (QED) is 0.182. The van der Waals surface area contributed by atoms with Crippen molar-refractivity contribution < 1.29 is 42.0 Å². The second-order valence-corrected chi connectivity index (χ2v) is 15.5. The third-order valence-corrected chi connectivity index (χ3v) is 9.47. The molecule has 1 aromatic carbocycles. The van der Waals surface area contributed by atoms with E-state index in [9.17, 15) is 32.3 Å². The maximum atomic E-state index is 14.0. The zero-order valence-electron chi connectivity index (χ0n) is 33.8.